The summed E-state index contributed by atoms with van der Waals surface area (Å²) in [5, 5.41) is 3.79. The lowest BCUT2D eigenvalue weighted by molar-refractivity contribution is -0.119. The zero-order valence-electron chi connectivity index (χ0n) is 19.4. The Morgan fingerprint density at radius 2 is 1.86 bits per heavy atom. The quantitative estimate of drug-likeness (QED) is 0.355. The molecule has 1 atom stereocenters. The summed E-state index contributed by atoms with van der Waals surface area (Å²) in [6.07, 6.45) is 1.46. The van der Waals surface area contributed by atoms with Gasteiger partial charge >= 0.3 is 0 Å². The van der Waals surface area contributed by atoms with Crippen molar-refractivity contribution in [3.05, 3.63) is 83.9 Å². The van der Waals surface area contributed by atoms with Crippen molar-refractivity contribution in [2.24, 2.45) is 0 Å². The largest absolute Gasteiger partial charge is 0.497 e. The van der Waals surface area contributed by atoms with Gasteiger partial charge in [0.2, 0.25) is 5.91 Å². The van der Waals surface area contributed by atoms with Crippen molar-refractivity contribution in [3.8, 4) is 5.75 Å². The summed E-state index contributed by atoms with van der Waals surface area (Å²) in [6, 6.07) is 22.3. The number of anilines is 1. The molecule has 1 fully saturated rings. The SMILES string of the molecule is COc1ccc(NC(=O)C2CCCN2C(=O)c2ccc(CSc3nc4ccccc4[nH]3)cc2)cc1. The molecule has 3 aromatic carbocycles. The number of hydrogen-bond acceptors (Lipinski definition) is 5. The summed E-state index contributed by atoms with van der Waals surface area (Å²) in [5.41, 5.74) is 4.34. The molecule has 0 radical (unpaired) electrons. The predicted octanol–water partition coefficient (Wildman–Crippen LogP) is 5.11. The van der Waals surface area contributed by atoms with Crippen LogP contribution in [0, 0.1) is 0 Å². The summed E-state index contributed by atoms with van der Waals surface area (Å²) >= 11 is 1.62. The van der Waals surface area contributed by atoms with E-state index in [1.807, 2.05) is 48.5 Å². The van der Waals surface area contributed by atoms with E-state index in [9.17, 15) is 9.59 Å². The molecule has 0 spiro atoms. The van der Waals surface area contributed by atoms with Gasteiger partial charge in [0, 0.05) is 23.5 Å². The van der Waals surface area contributed by atoms with Crippen LogP contribution in [0.3, 0.4) is 0 Å². The number of carbonyl (C=O) groups is 2. The molecular formula is C27H26N4O3S. The van der Waals surface area contributed by atoms with Crippen molar-refractivity contribution >= 4 is 40.3 Å². The molecule has 1 aliphatic rings. The van der Waals surface area contributed by atoms with Crippen LogP contribution in [0.2, 0.25) is 0 Å². The van der Waals surface area contributed by atoms with Crippen LogP contribution in [-0.2, 0) is 10.5 Å². The van der Waals surface area contributed by atoms with E-state index >= 15 is 0 Å². The molecule has 8 heteroatoms. The van der Waals surface area contributed by atoms with Crippen LogP contribution in [0.1, 0.15) is 28.8 Å². The molecule has 0 saturated carbocycles. The highest BCUT2D eigenvalue weighted by molar-refractivity contribution is 7.98. The molecular weight excluding hydrogens is 460 g/mol. The number of aromatic nitrogens is 2. The number of methoxy groups -OCH3 is 1. The summed E-state index contributed by atoms with van der Waals surface area (Å²) in [5.74, 6) is 1.18. The molecule has 1 aromatic heterocycles. The molecule has 1 aliphatic heterocycles. The van der Waals surface area contributed by atoms with Crippen molar-refractivity contribution in [1.29, 1.82) is 0 Å². The Hall–Kier alpha value is -3.78. The van der Waals surface area contributed by atoms with Crippen LogP contribution in [0.15, 0.2) is 78.0 Å². The molecule has 7 nitrogen and oxygen atoms in total. The van der Waals surface area contributed by atoms with Crippen molar-refractivity contribution in [2.75, 3.05) is 19.0 Å². The average Bonchev–Trinajstić information content (AvgIpc) is 3.55. The summed E-state index contributed by atoms with van der Waals surface area (Å²) in [4.78, 5) is 35.7. The predicted molar refractivity (Wildman–Crippen MR) is 138 cm³/mol. The number of likely N-dealkylation sites (tertiary alicyclic amines) is 1. The Morgan fingerprint density at radius 1 is 1.09 bits per heavy atom. The number of thioether (sulfide) groups is 1. The zero-order valence-corrected chi connectivity index (χ0v) is 20.2. The van der Waals surface area contributed by atoms with Crippen LogP contribution in [0.4, 0.5) is 5.69 Å². The first-order valence-corrected chi connectivity index (χ1v) is 12.5. The second-order valence-corrected chi connectivity index (χ2v) is 9.38. The van der Waals surface area contributed by atoms with E-state index in [0.717, 1.165) is 39.7 Å². The Kier molecular flexibility index (Phi) is 6.72. The molecule has 1 unspecified atom stereocenters. The minimum atomic E-state index is -0.479. The maximum absolute atomic E-state index is 13.2. The molecule has 0 bridgehead atoms. The first-order chi connectivity index (χ1) is 17.1. The lowest BCUT2D eigenvalue weighted by Crippen LogP contribution is -2.43. The van der Waals surface area contributed by atoms with Gasteiger partial charge in [0.05, 0.1) is 18.1 Å². The van der Waals surface area contributed by atoms with Gasteiger partial charge in [-0.25, -0.2) is 4.98 Å². The summed E-state index contributed by atoms with van der Waals surface area (Å²) in [6.45, 7) is 0.573. The Morgan fingerprint density at radius 3 is 2.60 bits per heavy atom. The molecule has 2 heterocycles. The number of imidazole rings is 1. The van der Waals surface area contributed by atoms with Gasteiger partial charge in [-0.1, -0.05) is 36.0 Å². The van der Waals surface area contributed by atoms with Gasteiger partial charge in [-0.05, 0) is 66.9 Å². The van der Waals surface area contributed by atoms with Crippen LogP contribution >= 0.6 is 11.8 Å². The Labute approximate surface area is 207 Å². The number of nitrogens with one attached hydrogen (secondary N) is 2. The topological polar surface area (TPSA) is 87.3 Å². The minimum absolute atomic E-state index is 0.117. The maximum Gasteiger partial charge on any atom is 0.254 e. The number of fused-ring (bicyclic) bond motifs is 1. The van der Waals surface area contributed by atoms with Crippen molar-refractivity contribution < 1.29 is 14.3 Å². The molecule has 1 saturated heterocycles. The van der Waals surface area contributed by atoms with E-state index in [0.29, 0.717) is 24.2 Å². The van der Waals surface area contributed by atoms with Crippen molar-refractivity contribution in [1.82, 2.24) is 14.9 Å². The second kappa shape index (κ2) is 10.2. The number of ether oxygens (including phenoxy) is 1. The number of carbonyl (C=O) groups excluding carboxylic acids is 2. The first-order valence-electron chi connectivity index (χ1n) is 11.5. The highest BCUT2D eigenvalue weighted by Crippen LogP contribution is 2.25. The van der Waals surface area contributed by atoms with Gasteiger partial charge in [0.1, 0.15) is 11.8 Å². The van der Waals surface area contributed by atoms with Gasteiger partial charge in [0.25, 0.3) is 5.91 Å². The Balaban J connectivity index is 1.20. The third-order valence-electron chi connectivity index (χ3n) is 6.12. The standard InChI is InChI=1S/C27H26N4O3S/c1-34-21-14-12-20(13-15-21)28-25(32)24-7-4-16-31(24)26(33)19-10-8-18(9-11-19)17-35-27-29-22-5-2-3-6-23(22)30-27/h2-3,5-6,8-15,24H,4,7,16-17H2,1H3,(H,28,32)(H,29,30). The number of para-hydroxylation sites is 2. The fourth-order valence-electron chi connectivity index (χ4n) is 4.24. The van der Waals surface area contributed by atoms with Gasteiger partial charge < -0.3 is 19.9 Å². The van der Waals surface area contributed by atoms with Gasteiger partial charge in [-0.3, -0.25) is 9.59 Å². The number of benzene rings is 3. The molecule has 178 valence electrons. The molecule has 35 heavy (non-hydrogen) atoms. The highest BCUT2D eigenvalue weighted by Gasteiger charge is 2.34. The van der Waals surface area contributed by atoms with Crippen molar-refractivity contribution in [3.63, 3.8) is 0 Å². The lowest BCUT2D eigenvalue weighted by Gasteiger charge is -2.24. The summed E-state index contributed by atoms with van der Waals surface area (Å²) < 4.78 is 5.16. The molecule has 5 rings (SSSR count). The average molecular weight is 487 g/mol. The highest BCUT2D eigenvalue weighted by atomic mass is 32.2. The Bertz CT molecular complexity index is 1300. The van der Waals surface area contributed by atoms with E-state index < -0.39 is 6.04 Å². The number of nitrogens with zero attached hydrogens (tertiary/aromatic N) is 2. The first kappa shape index (κ1) is 23.0. The maximum atomic E-state index is 13.2. The van der Waals surface area contributed by atoms with Gasteiger partial charge in [0.15, 0.2) is 5.16 Å². The summed E-state index contributed by atoms with van der Waals surface area (Å²) in [7, 11) is 1.60. The number of rotatable bonds is 7. The third kappa shape index (κ3) is 5.17. The molecule has 2 N–H and O–H groups in total. The van der Waals surface area contributed by atoms with Crippen LogP contribution in [0.5, 0.6) is 5.75 Å². The van der Waals surface area contributed by atoms with Crippen molar-refractivity contribution in [2.45, 2.75) is 29.8 Å². The normalized spacial score (nSPS) is 15.3. The fraction of sp³-hybridized carbons (Fsp3) is 0.222. The third-order valence-corrected chi connectivity index (χ3v) is 7.06. The molecule has 0 aliphatic carbocycles. The number of H-pyrrole nitrogens is 1. The number of amides is 2. The van der Waals surface area contributed by atoms with E-state index in [1.165, 1.54) is 0 Å². The van der Waals surface area contributed by atoms with Crippen LogP contribution < -0.4 is 10.1 Å². The zero-order chi connectivity index (χ0) is 24.2. The minimum Gasteiger partial charge on any atom is -0.497 e. The molecule has 2 amide bonds. The van der Waals surface area contributed by atoms with E-state index in [1.54, 1.807) is 48.0 Å². The molecule has 4 aromatic rings. The van der Waals surface area contributed by atoms with Gasteiger partial charge in [-0.15, -0.1) is 0 Å². The fourth-order valence-corrected chi connectivity index (χ4v) is 5.08. The monoisotopic (exact) mass is 486 g/mol. The van der Waals surface area contributed by atoms with Crippen LogP contribution in [0.25, 0.3) is 11.0 Å². The lowest BCUT2D eigenvalue weighted by atomic mass is 10.1. The van der Waals surface area contributed by atoms with E-state index in [-0.39, 0.29) is 11.8 Å². The smallest absolute Gasteiger partial charge is 0.254 e. The van der Waals surface area contributed by atoms with Crippen LogP contribution in [-0.4, -0.2) is 46.4 Å². The van der Waals surface area contributed by atoms with E-state index in [2.05, 4.69) is 15.3 Å². The second-order valence-electron chi connectivity index (χ2n) is 8.42. The van der Waals surface area contributed by atoms with Gasteiger partial charge in [-0.2, -0.15) is 0 Å². The number of hydrogen-bond donors (Lipinski definition) is 2. The number of aromatic amines is 1. The van der Waals surface area contributed by atoms with E-state index in [4.69, 9.17) is 4.74 Å².